The Labute approximate surface area is 198 Å². The molecule has 0 saturated heterocycles. The summed E-state index contributed by atoms with van der Waals surface area (Å²) < 4.78 is 0. The first kappa shape index (κ1) is 33.3. The van der Waals surface area contributed by atoms with E-state index in [-0.39, 0.29) is 25.7 Å². The first-order valence-electron chi connectivity index (χ1n) is 12.9. The summed E-state index contributed by atoms with van der Waals surface area (Å²) in [5, 5.41) is 35.2. The lowest BCUT2D eigenvalue weighted by atomic mass is 9.77. The second-order valence-electron chi connectivity index (χ2n) is 9.92. The molecule has 0 spiro atoms. The Kier molecular flexibility index (Phi) is 21.5. The van der Waals surface area contributed by atoms with Crippen LogP contribution in [-0.4, -0.2) is 46.2 Å². The van der Waals surface area contributed by atoms with Gasteiger partial charge in [-0.3, -0.25) is 4.79 Å². The van der Waals surface area contributed by atoms with Crippen LogP contribution >= 0.6 is 0 Å². The summed E-state index contributed by atoms with van der Waals surface area (Å²) >= 11 is 0. The minimum absolute atomic E-state index is 0.156. The predicted molar refractivity (Wildman–Crippen MR) is 135 cm³/mol. The third-order valence-corrected chi connectivity index (χ3v) is 6.94. The number of hydrogen-bond acceptors (Lipinski definition) is 4. The molecular weight excluding hydrogens is 404 g/mol. The summed E-state index contributed by atoms with van der Waals surface area (Å²) in [7, 11) is 0. The molecule has 1 unspecified atom stereocenters. The maximum Gasteiger partial charge on any atom is 0.309 e. The van der Waals surface area contributed by atoms with Crippen LogP contribution in [0.15, 0.2) is 12.2 Å². The van der Waals surface area contributed by atoms with Crippen molar-refractivity contribution < 1.29 is 25.2 Å². The normalized spacial score (nSPS) is 13.1. The molecule has 0 heterocycles. The van der Waals surface area contributed by atoms with Crippen molar-refractivity contribution in [1.29, 1.82) is 0 Å². The van der Waals surface area contributed by atoms with Crippen molar-refractivity contribution >= 4 is 5.97 Å². The molecule has 0 aromatic rings. The van der Waals surface area contributed by atoms with E-state index in [1.54, 1.807) is 0 Å². The van der Waals surface area contributed by atoms with Gasteiger partial charge in [-0.25, -0.2) is 0 Å². The second-order valence-corrected chi connectivity index (χ2v) is 9.92. The number of aliphatic hydroxyl groups is 3. The minimum Gasteiger partial charge on any atom is -0.481 e. The zero-order chi connectivity index (χ0) is 24.9. The van der Waals surface area contributed by atoms with Crippen LogP contribution in [-0.2, 0) is 4.79 Å². The number of carboxylic acids is 1. The number of rotatable bonds is 19. The Morgan fingerprint density at radius 3 is 1.59 bits per heavy atom. The molecule has 5 heteroatoms. The summed E-state index contributed by atoms with van der Waals surface area (Å²) in [6.07, 6.45) is 20.5. The minimum atomic E-state index is -0.678. The van der Waals surface area contributed by atoms with Crippen LogP contribution in [0.4, 0.5) is 0 Å². The smallest absolute Gasteiger partial charge is 0.309 e. The molecule has 0 aromatic carbocycles. The van der Waals surface area contributed by atoms with E-state index in [2.05, 4.69) is 26.0 Å². The quantitative estimate of drug-likeness (QED) is 0.133. The van der Waals surface area contributed by atoms with Gasteiger partial charge in [0.05, 0.1) is 25.2 Å². The lowest BCUT2D eigenvalue weighted by molar-refractivity contribution is -0.149. The third-order valence-electron chi connectivity index (χ3n) is 6.94. The van der Waals surface area contributed by atoms with Crippen LogP contribution in [0.2, 0.25) is 0 Å². The van der Waals surface area contributed by atoms with E-state index >= 15 is 0 Å². The van der Waals surface area contributed by atoms with E-state index in [9.17, 15) is 9.90 Å². The molecule has 4 N–H and O–H groups in total. The van der Waals surface area contributed by atoms with Crippen LogP contribution in [0.25, 0.3) is 0 Å². The van der Waals surface area contributed by atoms with Gasteiger partial charge >= 0.3 is 5.97 Å². The fraction of sp³-hybridized carbons (Fsp3) is 0.889. The Hall–Kier alpha value is -0.910. The molecule has 0 saturated carbocycles. The van der Waals surface area contributed by atoms with Crippen LogP contribution < -0.4 is 0 Å². The standard InChI is InChI=1S/C21H40O2.C6H14O3/c1-5-6-7-8-9-10-11-12-13-14-15-16-17-18-19(2)21(3,4)20(22)23;1-2-6(3-7,4-8)5-9/h12-13,19H,5-11,14-18H2,1-4H3,(H,22,23);7-9H,2-5H2,1H3/b13-12-;. The van der Waals surface area contributed by atoms with E-state index in [1.807, 2.05) is 20.8 Å². The fourth-order valence-electron chi connectivity index (χ4n) is 3.22. The Morgan fingerprint density at radius 2 is 1.22 bits per heavy atom. The van der Waals surface area contributed by atoms with Gasteiger partial charge in [0.1, 0.15) is 0 Å². The summed E-state index contributed by atoms with van der Waals surface area (Å²) in [4.78, 5) is 11.2. The van der Waals surface area contributed by atoms with E-state index in [0.29, 0.717) is 6.42 Å². The topological polar surface area (TPSA) is 98.0 Å². The molecule has 192 valence electrons. The summed E-state index contributed by atoms with van der Waals surface area (Å²) in [6.45, 7) is 9.35. The van der Waals surface area contributed by atoms with Crippen molar-refractivity contribution in [3.8, 4) is 0 Å². The number of allylic oxidation sites excluding steroid dienone is 2. The van der Waals surface area contributed by atoms with Gasteiger partial charge in [-0.05, 0) is 58.3 Å². The van der Waals surface area contributed by atoms with Crippen LogP contribution in [0.1, 0.15) is 118 Å². The van der Waals surface area contributed by atoms with Gasteiger partial charge in [0, 0.05) is 5.41 Å². The predicted octanol–water partition coefficient (Wildman–Crippen LogP) is 6.35. The molecule has 0 radical (unpaired) electrons. The van der Waals surface area contributed by atoms with E-state index < -0.39 is 16.8 Å². The second kappa shape index (κ2) is 20.7. The molecule has 0 aliphatic carbocycles. The maximum absolute atomic E-state index is 11.2. The lowest BCUT2D eigenvalue weighted by Gasteiger charge is -2.27. The van der Waals surface area contributed by atoms with Crippen molar-refractivity contribution in [1.82, 2.24) is 0 Å². The van der Waals surface area contributed by atoms with Crippen molar-refractivity contribution in [3.63, 3.8) is 0 Å². The van der Waals surface area contributed by atoms with Crippen molar-refractivity contribution in [2.75, 3.05) is 19.8 Å². The number of aliphatic carboxylic acids is 1. The average molecular weight is 459 g/mol. The number of unbranched alkanes of at least 4 members (excludes halogenated alkanes) is 9. The number of aliphatic hydroxyl groups excluding tert-OH is 3. The van der Waals surface area contributed by atoms with Crippen LogP contribution in [0.3, 0.4) is 0 Å². The summed E-state index contributed by atoms with van der Waals surface area (Å²) in [5.41, 5.74) is -1.27. The molecule has 32 heavy (non-hydrogen) atoms. The van der Waals surface area contributed by atoms with E-state index in [0.717, 1.165) is 12.8 Å². The molecule has 0 rings (SSSR count). The number of carboxylic acid groups (broad SMARTS) is 1. The highest BCUT2D eigenvalue weighted by atomic mass is 16.4. The Bertz CT molecular complexity index is 437. The Balaban J connectivity index is 0. The van der Waals surface area contributed by atoms with Gasteiger partial charge in [0.15, 0.2) is 0 Å². The molecule has 0 fully saturated rings. The fourth-order valence-corrected chi connectivity index (χ4v) is 3.22. The molecule has 0 bridgehead atoms. The SMILES string of the molecule is CCC(CO)(CO)CO.CCCCCCCC/C=C\CCCCCC(C)C(C)(C)C(=O)O. The molecular formula is C27H54O5. The first-order valence-corrected chi connectivity index (χ1v) is 12.9. The van der Waals surface area contributed by atoms with E-state index in [4.69, 9.17) is 15.3 Å². The molecule has 1 atom stereocenters. The molecule has 5 nitrogen and oxygen atoms in total. The zero-order valence-corrected chi connectivity index (χ0v) is 21.7. The highest BCUT2D eigenvalue weighted by Crippen LogP contribution is 2.30. The van der Waals surface area contributed by atoms with Crippen LogP contribution in [0, 0.1) is 16.7 Å². The van der Waals surface area contributed by atoms with Gasteiger partial charge in [0.2, 0.25) is 0 Å². The van der Waals surface area contributed by atoms with Gasteiger partial charge < -0.3 is 20.4 Å². The summed E-state index contributed by atoms with van der Waals surface area (Å²) in [6, 6.07) is 0. The first-order chi connectivity index (χ1) is 15.2. The van der Waals surface area contributed by atoms with Gasteiger partial charge in [-0.15, -0.1) is 0 Å². The highest BCUT2D eigenvalue weighted by molar-refractivity contribution is 5.73. The van der Waals surface area contributed by atoms with E-state index in [1.165, 1.54) is 64.2 Å². The van der Waals surface area contributed by atoms with Gasteiger partial charge in [-0.2, -0.15) is 0 Å². The maximum atomic E-state index is 11.2. The average Bonchev–Trinajstić information content (AvgIpc) is 2.79. The molecule has 0 aliphatic heterocycles. The molecule has 0 aliphatic rings. The van der Waals surface area contributed by atoms with Gasteiger partial charge in [-0.1, -0.05) is 77.9 Å². The van der Waals surface area contributed by atoms with Gasteiger partial charge in [0.25, 0.3) is 0 Å². The number of hydrogen-bond donors (Lipinski definition) is 4. The molecule has 0 amide bonds. The van der Waals surface area contributed by atoms with Crippen molar-refractivity contribution in [3.05, 3.63) is 12.2 Å². The third kappa shape index (κ3) is 15.8. The van der Waals surface area contributed by atoms with Crippen molar-refractivity contribution in [2.45, 2.75) is 118 Å². The molecule has 0 aromatic heterocycles. The Morgan fingerprint density at radius 1 is 0.781 bits per heavy atom. The summed E-state index contributed by atoms with van der Waals surface area (Å²) in [5.74, 6) is -0.439. The zero-order valence-electron chi connectivity index (χ0n) is 21.7. The monoisotopic (exact) mass is 458 g/mol. The lowest BCUT2D eigenvalue weighted by Crippen LogP contribution is -2.32. The number of carbonyl (C=O) groups is 1. The van der Waals surface area contributed by atoms with Crippen LogP contribution in [0.5, 0.6) is 0 Å². The van der Waals surface area contributed by atoms with Crippen molar-refractivity contribution in [2.24, 2.45) is 16.7 Å². The highest BCUT2D eigenvalue weighted by Gasteiger charge is 2.33. The largest absolute Gasteiger partial charge is 0.481 e.